The maximum absolute atomic E-state index is 12.5. The van der Waals surface area contributed by atoms with Gasteiger partial charge in [0.15, 0.2) is 0 Å². The van der Waals surface area contributed by atoms with Crippen LogP contribution in [0.5, 0.6) is 0 Å². The van der Waals surface area contributed by atoms with Crippen LogP contribution in [0.4, 0.5) is 5.69 Å². The van der Waals surface area contributed by atoms with Gasteiger partial charge in [-0.05, 0) is 37.8 Å². The second-order valence-electron chi connectivity index (χ2n) is 6.20. The zero-order chi connectivity index (χ0) is 16.2. The number of aromatic nitrogens is 1. The first kappa shape index (κ1) is 16.0. The molecule has 0 saturated carbocycles. The Balaban J connectivity index is 1.58. The van der Waals surface area contributed by atoms with E-state index in [4.69, 9.17) is 5.73 Å². The van der Waals surface area contributed by atoms with E-state index < -0.39 is 0 Å². The number of thiazole rings is 1. The average Bonchev–Trinajstić information content (AvgIpc) is 3.00. The van der Waals surface area contributed by atoms with Crippen molar-refractivity contribution < 1.29 is 4.79 Å². The van der Waals surface area contributed by atoms with Gasteiger partial charge in [-0.2, -0.15) is 0 Å². The van der Waals surface area contributed by atoms with Crippen LogP contribution < -0.4 is 5.73 Å². The highest BCUT2D eigenvalue weighted by molar-refractivity contribution is 7.09. The third-order valence-corrected chi connectivity index (χ3v) is 5.55. The molecule has 2 aromatic rings. The van der Waals surface area contributed by atoms with Crippen molar-refractivity contribution in [1.82, 2.24) is 9.88 Å². The second-order valence-corrected chi connectivity index (χ2v) is 7.09. The van der Waals surface area contributed by atoms with Crippen LogP contribution in [0.1, 0.15) is 41.4 Å². The molecule has 1 aromatic heterocycles. The number of aryl methyl sites for hydroxylation is 2. The standard InChI is InChI=1S/C18H23N3OS/c1-13-12-23-18(20-13)15-6-4-10-21(11-15)17(22)9-8-14-5-2-3-7-16(14)19/h2-3,5,7,12,15H,4,6,8-11,19H2,1H3. The Morgan fingerprint density at radius 3 is 3.00 bits per heavy atom. The quantitative estimate of drug-likeness (QED) is 0.875. The van der Waals surface area contributed by atoms with E-state index >= 15 is 0 Å². The van der Waals surface area contributed by atoms with E-state index in [0.29, 0.717) is 18.8 Å². The first-order chi connectivity index (χ1) is 11.1. The minimum atomic E-state index is 0.228. The number of nitrogens with two attached hydrogens (primary N) is 1. The fourth-order valence-electron chi connectivity index (χ4n) is 3.13. The number of rotatable bonds is 4. The topological polar surface area (TPSA) is 59.2 Å². The molecule has 1 saturated heterocycles. The van der Waals surface area contributed by atoms with Gasteiger partial charge in [-0.25, -0.2) is 4.98 Å². The third-order valence-electron chi connectivity index (χ3n) is 4.42. The van der Waals surface area contributed by atoms with Gasteiger partial charge >= 0.3 is 0 Å². The number of likely N-dealkylation sites (tertiary alicyclic amines) is 1. The molecule has 1 atom stereocenters. The number of amides is 1. The molecular weight excluding hydrogens is 306 g/mol. The van der Waals surface area contributed by atoms with Crippen molar-refractivity contribution in [3.63, 3.8) is 0 Å². The number of carbonyl (C=O) groups is 1. The molecular formula is C18H23N3OS. The van der Waals surface area contributed by atoms with Crippen molar-refractivity contribution in [2.45, 2.75) is 38.5 Å². The van der Waals surface area contributed by atoms with Crippen molar-refractivity contribution in [2.75, 3.05) is 18.8 Å². The first-order valence-electron chi connectivity index (χ1n) is 8.16. The molecule has 1 aliphatic heterocycles. The predicted molar refractivity (Wildman–Crippen MR) is 94.6 cm³/mol. The Bertz CT molecular complexity index is 682. The molecule has 1 amide bonds. The lowest BCUT2D eigenvalue weighted by molar-refractivity contribution is -0.132. The zero-order valence-electron chi connectivity index (χ0n) is 13.5. The van der Waals surface area contributed by atoms with E-state index in [2.05, 4.69) is 10.4 Å². The van der Waals surface area contributed by atoms with Gasteiger partial charge in [0.25, 0.3) is 0 Å². The van der Waals surface area contributed by atoms with Gasteiger partial charge in [0.1, 0.15) is 0 Å². The number of hydrogen-bond acceptors (Lipinski definition) is 4. The molecule has 23 heavy (non-hydrogen) atoms. The summed E-state index contributed by atoms with van der Waals surface area (Å²) in [5.74, 6) is 0.624. The van der Waals surface area contributed by atoms with Crippen LogP contribution in [0, 0.1) is 6.92 Å². The van der Waals surface area contributed by atoms with Gasteiger partial charge in [0.05, 0.1) is 5.01 Å². The van der Waals surface area contributed by atoms with Gasteiger partial charge < -0.3 is 10.6 Å². The number of carbonyl (C=O) groups excluding carboxylic acids is 1. The minimum absolute atomic E-state index is 0.228. The van der Waals surface area contributed by atoms with Gasteiger partial charge in [0.2, 0.25) is 5.91 Å². The maximum Gasteiger partial charge on any atom is 0.222 e. The molecule has 1 fully saturated rings. The predicted octanol–water partition coefficient (Wildman–Crippen LogP) is 3.37. The van der Waals surface area contributed by atoms with Crippen LogP contribution >= 0.6 is 11.3 Å². The van der Waals surface area contributed by atoms with E-state index in [0.717, 1.165) is 42.9 Å². The van der Waals surface area contributed by atoms with Gasteiger partial charge in [-0.3, -0.25) is 4.79 Å². The normalized spacial score (nSPS) is 18.1. The number of hydrogen-bond donors (Lipinski definition) is 1. The molecule has 0 radical (unpaired) electrons. The SMILES string of the molecule is Cc1csc(C2CCCN(C(=O)CCc3ccccc3N)C2)n1. The Kier molecular flexibility index (Phi) is 4.96. The molecule has 1 unspecified atom stereocenters. The molecule has 3 rings (SSSR count). The molecule has 5 heteroatoms. The first-order valence-corrected chi connectivity index (χ1v) is 9.04. The molecule has 0 spiro atoms. The Hall–Kier alpha value is -1.88. The average molecular weight is 329 g/mol. The lowest BCUT2D eigenvalue weighted by Crippen LogP contribution is -2.39. The van der Waals surface area contributed by atoms with Gasteiger partial charge in [-0.15, -0.1) is 11.3 Å². The van der Waals surface area contributed by atoms with Crippen LogP contribution in [0.2, 0.25) is 0 Å². The van der Waals surface area contributed by atoms with E-state index in [-0.39, 0.29) is 5.91 Å². The largest absolute Gasteiger partial charge is 0.399 e. The summed E-state index contributed by atoms with van der Waals surface area (Å²) in [6.45, 7) is 3.69. The lowest BCUT2D eigenvalue weighted by atomic mass is 9.98. The number of benzene rings is 1. The van der Waals surface area contributed by atoms with Crippen LogP contribution in [0.15, 0.2) is 29.6 Å². The van der Waals surface area contributed by atoms with Crippen molar-refractivity contribution in [3.8, 4) is 0 Å². The van der Waals surface area contributed by atoms with Gasteiger partial charge in [0, 0.05) is 42.2 Å². The van der Waals surface area contributed by atoms with E-state index in [1.54, 1.807) is 11.3 Å². The van der Waals surface area contributed by atoms with Crippen molar-refractivity contribution in [1.29, 1.82) is 0 Å². The maximum atomic E-state index is 12.5. The highest BCUT2D eigenvalue weighted by Crippen LogP contribution is 2.29. The Labute approximate surface area is 141 Å². The molecule has 1 aromatic carbocycles. The Morgan fingerprint density at radius 1 is 1.43 bits per heavy atom. The zero-order valence-corrected chi connectivity index (χ0v) is 14.3. The highest BCUT2D eigenvalue weighted by Gasteiger charge is 2.26. The number of para-hydroxylation sites is 1. The lowest BCUT2D eigenvalue weighted by Gasteiger charge is -2.32. The summed E-state index contributed by atoms with van der Waals surface area (Å²) < 4.78 is 0. The third kappa shape index (κ3) is 3.91. The monoisotopic (exact) mass is 329 g/mol. The number of anilines is 1. The van der Waals surface area contributed by atoms with Crippen LogP contribution in [-0.2, 0) is 11.2 Å². The minimum Gasteiger partial charge on any atom is -0.399 e. The van der Waals surface area contributed by atoms with Crippen molar-refractivity contribution in [3.05, 3.63) is 45.9 Å². The van der Waals surface area contributed by atoms with Crippen LogP contribution in [-0.4, -0.2) is 28.9 Å². The number of nitrogen functional groups attached to an aromatic ring is 1. The highest BCUT2D eigenvalue weighted by atomic mass is 32.1. The van der Waals surface area contributed by atoms with E-state index in [9.17, 15) is 4.79 Å². The van der Waals surface area contributed by atoms with E-state index in [1.165, 1.54) is 5.01 Å². The Morgan fingerprint density at radius 2 is 2.26 bits per heavy atom. The molecule has 4 nitrogen and oxygen atoms in total. The fourth-order valence-corrected chi connectivity index (χ4v) is 4.05. The van der Waals surface area contributed by atoms with Crippen molar-refractivity contribution >= 4 is 22.9 Å². The summed E-state index contributed by atoms with van der Waals surface area (Å²) in [4.78, 5) is 19.1. The molecule has 2 heterocycles. The fraction of sp³-hybridized carbons (Fsp3) is 0.444. The molecule has 122 valence electrons. The van der Waals surface area contributed by atoms with E-state index in [1.807, 2.05) is 36.1 Å². The molecule has 0 aliphatic carbocycles. The number of nitrogens with zero attached hydrogens (tertiary/aromatic N) is 2. The van der Waals surface area contributed by atoms with Crippen molar-refractivity contribution in [2.24, 2.45) is 0 Å². The summed E-state index contributed by atoms with van der Waals surface area (Å²) in [6, 6.07) is 7.78. The summed E-state index contributed by atoms with van der Waals surface area (Å²) in [5.41, 5.74) is 8.86. The summed E-state index contributed by atoms with van der Waals surface area (Å²) in [5, 5.41) is 3.26. The summed E-state index contributed by atoms with van der Waals surface area (Å²) >= 11 is 1.72. The molecule has 0 bridgehead atoms. The second kappa shape index (κ2) is 7.13. The molecule has 2 N–H and O–H groups in total. The van der Waals surface area contributed by atoms with Crippen LogP contribution in [0.25, 0.3) is 0 Å². The van der Waals surface area contributed by atoms with Gasteiger partial charge in [-0.1, -0.05) is 18.2 Å². The van der Waals surface area contributed by atoms with Crippen LogP contribution in [0.3, 0.4) is 0 Å². The molecule has 1 aliphatic rings. The summed E-state index contributed by atoms with van der Waals surface area (Å²) in [6.07, 6.45) is 3.42. The number of piperidine rings is 1. The smallest absolute Gasteiger partial charge is 0.222 e. The summed E-state index contributed by atoms with van der Waals surface area (Å²) in [7, 11) is 0.